The predicted octanol–water partition coefficient (Wildman–Crippen LogP) is 3.91. The topological polar surface area (TPSA) is 79.5 Å². The minimum absolute atomic E-state index is 0.0651. The standard InChI is InChI=1S/C23H29N3O3/c1-16(17-7-6-12-24-15-17)13-22(27)26-21-11-4-3-10-20(21)23(28)25-18-8-5-9-19(14-18)29-2/h3-5,8-11,14,16-17,24H,6-7,12-13,15H2,1-2H3,(H,25,28)(H,26,27). The minimum Gasteiger partial charge on any atom is -0.497 e. The highest BCUT2D eigenvalue weighted by Gasteiger charge is 2.22. The zero-order valence-corrected chi connectivity index (χ0v) is 17.0. The summed E-state index contributed by atoms with van der Waals surface area (Å²) >= 11 is 0. The van der Waals surface area contributed by atoms with Gasteiger partial charge in [0.15, 0.2) is 0 Å². The van der Waals surface area contributed by atoms with Crippen LogP contribution in [-0.4, -0.2) is 32.0 Å². The first-order chi connectivity index (χ1) is 14.1. The number of methoxy groups -OCH3 is 1. The maximum atomic E-state index is 12.8. The molecule has 2 aromatic carbocycles. The highest BCUT2D eigenvalue weighted by Crippen LogP contribution is 2.24. The van der Waals surface area contributed by atoms with Gasteiger partial charge in [0.1, 0.15) is 5.75 Å². The van der Waals surface area contributed by atoms with E-state index in [1.54, 1.807) is 37.4 Å². The quantitative estimate of drug-likeness (QED) is 0.664. The highest BCUT2D eigenvalue weighted by molar-refractivity contribution is 6.10. The number of para-hydroxylation sites is 1. The predicted molar refractivity (Wildman–Crippen MR) is 115 cm³/mol. The van der Waals surface area contributed by atoms with E-state index in [2.05, 4.69) is 22.9 Å². The second-order valence-electron chi connectivity index (χ2n) is 7.57. The molecule has 6 heteroatoms. The average Bonchev–Trinajstić information content (AvgIpc) is 2.74. The molecule has 6 nitrogen and oxygen atoms in total. The van der Waals surface area contributed by atoms with Crippen molar-refractivity contribution in [3.8, 4) is 5.75 Å². The van der Waals surface area contributed by atoms with E-state index >= 15 is 0 Å². The van der Waals surface area contributed by atoms with Gasteiger partial charge in [0, 0.05) is 18.2 Å². The number of benzene rings is 2. The number of rotatable bonds is 7. The summed E-state index contributed by atoms with van der Waals surface area (Å²) in [5, 5.41) is 9.19. The number of hydrogen-bond acceptors (Lipinski definition) is 4. The third-order valence-corrected chi connectivity index (χ3v) is 5.42. The second-order valence-corrected chi connectivity index (χ2v) is 7.57. The van der Waals surface area contributed by atoms with Gasteiger partial charge in [0.25, 0.3) is 5.91 Å². The summed E-state index contributed by atoms with van der Waals surface area (Å²) in [6.45, 7) is 4.15. The van der Waals surface area contributed by atoms with Gasteiger partial charge >= 0.3 is 0 Å². The summed E-state index contributed by atoms with van der Waals surface area (Å²) in [7, 11) is 1.58. The molecule has 0 bridgehead atoms. The third kappa shape index (κ3) is 5.81. The van der Waals surface area contributed by atoms with Crippen LogP contribution in [0.4, 0.5) is 11.4 Å². The first-order valence-electron chi connectivity index (χ1n) is 10.1. The van der Waals surface area contributed by atoms with Crippen molar-refractivity contribution < 1.29 is 14.3 Å². The van der Waals surface area contributed by atoms with Gasteiger partial charge in [0.05, 0.1) is 18.4 Å². The first kappa shape index (κ1) is 20.9. The van der Waals surface area contributed by atoms with E-state index in [0.29, 0.717) is 40.9 Å². The molecule has 1 heterocycles. The molecule has 3 N–H and O–H groups in total. The number of ether oxygens (including phenoxy) is 1. The molecule has 0 spiro atoms. The van der Waals surface area contributed by atoms with Crippen LogP contribution in [0.25, 0.3) is 0 Å². The van der Waals surface area contributed by atoms with Gasteiger partial charge in [-0.15, -0.1) is 0 Å². The van der Waals surface area contributed by atoms with E-state index in [-0.39, 0.29) is 11.8 Å². The maximum absolute atomic E-state index is 12.8. The summed E-state index contributed by atoms with van der Waals surface area (Å²) in [5.41, 5.74) is 1.58. The van der Waals surface area contributed by atoms with Gasteiger partial charge in [-0.3, -0.25) is 9.59 Å². The Morgan fingerprint density at radius 2 is 2.00 bits per heavy atom. The van der Waals surface area contributed by atoms with Crippen LogP contribution in [0.15, 0.2) is 48.5 Å². The molecule has 1 saturated heterocycles. The van der Waals surface area contributed by atoms with Gasteiger partial charge in [0.2, 0.25) is 5.91 Å². The van der Waals surface area contributed by atoms with Crippen LogP contribution in [-0.2, 0) is 4.79 Å². The molecule has 0 aromatic heterocycles. The highest BCUT2D eigenvalue weighted by atomic mass is 16.5. The molecular weight excluding hydrogens is 366 g/mol. The number of anilines is 2. The normalized spacial score (nSPS) is 17.2. The van der Waals surface area contributed by atoms with E-state index in [0.717, 1.165) is 25.9 Å². The van der Waals surface area contributed by atoms with E-state index in [1.807, 2.05) is 18.2 Å². The molecule has 3 rings (SSSR count). The zero-order valence-electron chi connectivity index (χ0n) is 17.0. The Labute approximate surface area is 172 Å². The fourth-order valence-corrected chi connectivity index (χ4v) is 3.71. The van der Waals surface area contributed by atoms with Crippen LogP contribution in [0.1, 0.15) is 36.5 Å². The van der Waals surface area contributed by atoms with Crippen molar-refractivity contribution in [1.29, 1.82) is 0 Å². The Hall–Kier alpha value is -2.86. The van der Waals surface area contributed by atoms with Crippen LogP contribution in [0.3, 0.4) is 0 Å². The van der Waals surface area contributed by atoms with Crippen molar-refractivity contribution in [3.05, 3.63) is 54.1 Å². The van der Waals surface area contributed by atoms with Crippen LogP contribution < -0.4 is 20.7 Å². The van der Waals surface area contributed by atoms with Crippen molar-refractivity contribution in [3.63, 3.8) is 0 Å². The van der Waals surface area contributed by atoms with Crippen LogP contribution >= 0.6 is 0 Å². The Kier molecular flexibility index (Phi) is 7.25. The molecule has 2 amide bonds. The van der Waals surface area contributed by atoms with E-state index in [9.17, 15) is 9.59 Å². The summed E-state index contributed by atoms with van der Waals surface area (Å²) in [6.07, 6.45) is 2.75. The van der Waals surface area contributed by atoms with Crippen molar-refractivity contribution >= 4 is 23.2 Å². The van der Waals surface area contributed by atoms with Crippen LogP contribution in [0.2, 0.25) is 0 Å². The Morgan fingerprint density at radius 1 is 1.17 bits per heavy atom. The minimum atomic E-state index is -0.279. The van der Waals surface area contributed by atoms with Crippen molar-refractivity contribution in [2.75, 3.05) is 30.8 Å². The largest absolute Gasteiger partial charge is 0.497 e. The molecule has 1 aliphatic rings. The van der Waals surface area contributed by atoms with E-state index < -0.39 is 0 Å². The lowest BCUT2D eigenvalue weighted by Gasteiger charge is -2.28. The molecule has 2 unspecified atom stereocenters. The molecule has 0 radical (unpaired) electrons. The molecule has 154 valence electrons. The number of piperidine rings is 1. The molecule has 2 aromatic rings. The lowest BCUT2D eigenvalue weighted by atomic mass is 9.85. The summed E-state index contributed by atoms with van der Waals surface area (Å²) in [4.78, 5) is 25.4. The monoisotopic (exact) mass is 395 g/mol. The number of amides is 2. The van der Waals surface area contributed by atoms with Gasteiger partial charge < -0.3 is 20.7 Å². The molecule has 0 aliphatic carbocycles. The summed E-state index contributed by atoms with van der Waals surface area (Å²) < 4.78 is 5.19. The smallest absolute Gasteiger partial charge is 0.257 e. The lowest BCUT2D eigenvalue weighted by molar-refractivity contribution is -0.117. The first-order valence-corrected chi connectivity index (χ1v) is 10.1. The Balaban J connectivity index is 1.64. The third-order valence-electron chi connectivity index (χ3n) is 5.42. The fraction of sp³-hybridized carbons (Fsp3) is 0.391. The Bertz CT molecular complexity index is 847. The molecule has 1 fully saturated rings. The molecule has 29 heavy (non-hydrogen) atoms. The zero-order chi connectivity index (χ0) is 20.6. The lowest BCUT2D eigenvalue weighted by Crippen LogP contribution is -2.34. The van der Waals surface area contributed by atoms with Crippen molar-refractivity contribution in [2.24, 2.45) is 11.8 Å². The second kappa shape index (κ2) is 10.1. The van der Waals surface area contributed by atoms with E-state index in [1.165, 1.54) is 0 Å². The average molecular weight is 396 g/mol. The number of carbonyl (C=O) groups excluding carboxylic acids is 2. The van der Waals surface area contributed by atoms with Crippen LogP contribution in [0, 0.1) is 11.8 Å². The van der Waals surface area contributed by atoms with Crippen molar-refractivity contribution in [1.82, 2.24) is 5.32 Å². The molecule has 1 aliphatic heterocycles. The van der Waals surface area contributed by atoms with E-state index in [4.69, 9.17) is 4.74 Å². The van der Waals surface area contributed by atoms with Gasteiger partial charge in [-0.05, 0) is 62.0 Å². The fourth-order valence-electron chi connectivity index (χ4n) is 3.71. The SMILES string of the molecule is COc1cccc(NC(=O)c2ccccc2NC(=O)CC(C)C2CCCNC2)c1. The van der Waals surface area contributed by atoms with Crippen LogP contribution in [0.5, 0.6) is 5.75 Å². The van der Waals surface area contributed by atoms with Crippen molar-refractivity contribution in [2.45, 2.75) is 26.2 Å². The molecular formula is C23H29N3O3. The Morgan fingerprint density at radius 3 is 2.76 bits per heavy atom. The van der Waals surface area contributed by atoms with Gasteiger partial charge in [-0.1, -0.05) is 25.1 Å². The number of hydrogen-bond donors (Lipinski definition) is 3. The number of nitrogens with one attached hydrogen (secondary N) is 3. The maximum Gasteiger partial charge on any atom is 0.257 e. The van der Waals surface area contributed by atoms with Gasteiger partial charge in [-0.25, -0.2) is 0 Å². The molecule has 0 saturated carbocycles. The number of carbonyl (C=O) groups is 2. The van der Waals surface area contributed by atoms with Gasteiger partial charge in [-0.2, -0.15) is 0 Å². The summed E-state index contributed by atoms with van der Waals surface area (Å²) in [5.74, 6) is 1.13. The molecule has 2 atom stereocenters. The summed E-state index contributed by atoms with van der Waals surface area (Å²) in [6, 6.07) is 14.2.